The number of carbonyl (C=O) groups excluding carboxylic acids is 1. The Hall–Kier alpha value is -3.75. The Morgan fingerprint density at radius 3 is 2.88 bits per heavy atom. The topological polar surface area (TPSA) is 99.8 Å². The minimum atomic E-state index is -0.290. The Labute approximate surface area is 148 Å². The van der Waals surface area contributed by atoms with Crippen LogP contribution in [0.25, 0.3) is 16.7 Å². The summed E-state index contributed by atoms with van der Waals surface area (Å²) in [5, 5.41) is 12.1. The zero-order valence-electron chi connectivity index (χ0n) is 14.1. The lowest BCUT2D eigenvalue weighted by molar-refractivity contribution is 0.102. The van der Waals surface area contributed by atoms with Crippen LogP contribution in [0.2, 0.25) is 0 Å². The number of aromatic nitrogens is 6. The number of fused-ring (bicyclic) bond motifs is 1. The van der Waals surface area contributed by atoms with Crippen molar-refractivity contribution in [3.63, 3.8) is 0 Å². The maximum Gasteiger partial charge on any atom is 0.256 e. The van der Waals surface area contributed by atoms with E-state index in [0.29, 0.717) is 28.6 Å². The van der Waals surface area contributed by atoms with E-state index >= 15 is 0 Å². The quantitative estimate of drug-likeness (QED) is 0.603. The molecule has 9 heteroatoms. The third kappa shape index (κ3) is 2.75. The molecule has 0 saturated carbocycles. The van der Waals surface area contributed by atoms with Gasteiger partial charge < -0.3 is 10.1 Å². The molecule has 0 spiro atoms. The average Bonchev–Trinajstić information content (AvgIpc) is 3.28. The molecule has 0 fully saturated rings. The predicted octanol–water partition coefficient (Wildman–Crippen LogP) is 1.81. The fourth-order valence-electron chi connectivity index (χ4n) is 2.69. The third-order valence-corrected chi connectivity index (χ3v) is 3.87. The first-order chi connectivity index (χ1) is 12.7. The molecule has 26 heavy (non-hydrogen) atoms. The zero-order chi connectivity index (χ0) is 18.1. The average molecular weight is 349 g/mol. The lowest BCUT2D eigenvalue weighted by atomic mass is 10.1. The lowest BCUT2D eigenvalue weighted by Crippen LogP contribution is -2.13. The van der Waals surface area contributed by atoms with Gasteiger partial charge in [0.05, 0.1) is 18.0 Å². The fourth-order valence-corrected chi connectivity index (χ4v) is 2.69. The standard InChI is InChI=1S/C17H15N7O2/c1-23-17(26-2)12-5-4-11(8-13(12)22-23)16(25)21-14-9-15(19-10-18-14)24-7-3-6-20-24/h3-10H,1-2H3,(H,18,19,21,25). The number of rotatable bonds is 4. The molecule has 1 aromatic carbocycles. The van der Waals surface area contributed by atoms with Crippen molar-refractivity contribution in [1.29, 1.82) is 0 Å². The highest BCUT2D eigenvalue weighted by Gasteiger charge is 2.13. The normalized spacial score (nSPS) is 10.8. The molecule has 4 rings (SSSR count). The molecule has 4 aromatic rings. The van der Waals surface area contributed by atoms with Crippen LogP contribution in [-0.4, -0.2) is 42.5 Å². The molecule has 0 radical (unpaired) electrons. The van der Waals surface area contributed by atoms with Gasteiger partial charge >= 0.3 is 0 Å². The van der Waals surface area contributed by atoms with Crippen molar-refractivity contribution in [3.05, 3.63) is 54.6 Å². The number of methoxy groups -OCH3 is 1. The van der Waals surface area contributed by atoms with E-state index in [-0.39, 0.29) is 5.91 Å². The van der Waals surface area contributed by atoms with Gasteiger partial charge in [-0.05, 0) is 24.3 Å². The number of nitrogens with zero attached hydrogens (tertiary/aromatic N) is 6. The van der Waals surface area contributed by atoms with Crippen LogP contribution >= 0.6 is 0 Å². The highest BCUT2D eigenvalue weighted by Crippen LogP contribution is 2.25. The Balaban J connectivity index is 1.60. The molecular weight excluding hydrogens is 334 g/mol. The highest BCUT2D eigenvalue weighted by atomic mass is 16.5. The molecule has 3 aromatic heterocycles. The maximum atomic E-state index is 12.6. The number of nitrogens with one attached hydrogen (secondary N) is 1. The van der Waals surface area contributed by atoms with Crippen LogP contribution in [0.3, 0.4) is 0 Å². The summed E-state index contributed by atoms with van der Waals surface area (Å²) in [6.45, 7) is 0. The molecule has 0 bridgehead atoms. The van der Waals surface area contributed by atoms with Gasteiger partial charge in [-0.2, -0.15) is 10.2 Å². The van der Waals surface area contributed by atoms with Gasteiger partial charge in [0.25, 0.3) is 5.91 Å². The van der Waals surface area contributed by atoms with Crippen LogP contribution in [-0.2, 0) is 7.05 Å². The van der Waals surface area contributed by atoms with Crippen molar-refractivity contribution >= 4 is 22.6 Å². The van der Waals surface area contributed by atoms with Crippen LogP contribution in [0.1, 0.15) is 10.4 Å². The molecule has 1 N–H and O–H groups in total. The molecule has 0 aliphatic rings. The minimum Gasteiger partial charge on any atom is -0.481 e. The maximum absolute atomic E-state index is 12.6. The number of hydrogen-bond donors (Lipinski definition) is 1. The summed E-state index contributed by atoms with van der Waals surface area (Å²) < 4.78 is 8.54. The number of carbonyl (C=O) groups is 1. The summed E-state index contributed by atoms with van der Waals surface area (Å²) in [5.41, 5.74) is 1.15. The van der Waals surface area contributed by atoms with Gasteiger partial charge in [-0.3, -0.25) is 4.79 Å². The first kappa shape index (κ1) is 15.8. The van der Waals surface area contributed by atoms with Crippen LogP contribution in [0.4, 0.5) is 5.82 Å². The first-order valence-electron chi connectivity index (χ1n) is 7.80. The van der Waals surface area contributed by atoms with Crippen LogP contribution in [0.5, 0.6) is 5.88 Å². The van der Waals surface area contributed by atoms with E-state index in [1.165, 1.54) is 6.33 Å². The molecule has 0 atom stereocenters. The Kier molecular flexibility index (Phi) is 3.81. The van der Waals surface area contributed by atoms with E-state index in [0.717, 1.165) is 5.39 Å². The Bertz CT molecular complexity index is 1090. The van der Waals surface area contributed by atoms with Crippen molar-refractivity contribution in [2.45, 2.75) is 0 Å². The summed E-state index contributed by atoms with van der Waals surface area (Å²) in [4.78, 5) is 20.8. The second-order valence-corrected chi connectivity index (χ2v) is 5.53. The summed E-state index contributed by atoms with van der Waals surface area (Å²) in [7, 11) is 3.37. The third-order valence-electron chi connectivity index (χ3n) is 3.87. The minimum absolute atomic E-state index is 0.290. The van der Waals surface area contributed by atoms with Gasteiger partial charge in [-0.1, -0.05) is 0 Å². The Morgan fingerprint density at radius 1 is 1.23 bits per heavy atom. The van der Waals surface area contributed by atoms with E-state index in [2.05, 4.69) is 25.5 Å². The Morgan fingerprint density at radius 2 is 2.12 bits per heavy atom. The van der Waals surface area contributed by atoms with Crippen LogP contribution in [0, 0.1) is 0 Å². The molecule has 0 unspecified atom stereocenters. The lowest BCUT2D eigenvalue weighted by Gasteiger charge is -2.06. The van der Waals surface area contributed by atoms with Crippen molar-refractivity contribution in [2.75, 3.05) is 12.4 Å². The van der Waals surface area contributed by atoms with Crippen LogP contribution in [0.15, 0.2) is 49.1 Å². The van der Waals surface area contributed by atoms with Gasteiger partial charge in [0.1, 0.15) is 12.1 Å². The summed E-state index contributed by atoms with van der Waals surface area (Å²) in [6.07, 6.45) is 4.78. The molecule has 130 valence electrons. The van der Waals surface area contributed by atoms with Crippen molar-refractivity contribution in [3.8, 4) is 11.7 Å². The first-order valence-corrected chi connectivity index (χ1v) is 7.80. The largest absolute Gasteiger partial charge is 0.481 e. The van der Waals surface area contributed by atoms with Crippen molar-refractivity contribution in [2.24, 2.45) is 7.05 Å². The molecular formula is C17H15N7O2. The number of anilines is 1. The highest BCUT2D eigenvalue weighted by molar-refractivity contribution is 6.06. The number of aryl methyl sites for hydroxylation is 1. The monoisotopic (exact) mass is 349 g/mol. The van der Waals surface area contributed by atoms with E-state index in [9.17, 15) is 4.79 Å². The van der Waals surface area contributed by atoms with Gasteiger partial charge in [0.2, 0.25) is 5.88 Å². The van der Waals surface area contributed by atoms with Crippen molar-refractivity contribution < 1.29 is 9.53 Å². The van der Waals surface area contributed by atoms with E-state index in [1.807, 2.05) is 6.07 Å². The number of hydrogen-bond acceptors (Lipinski definition) is 6. The second kappa shape index (κ2) is 6.28. The smallest absolute Gasteiger partial charge is 0.256 e. The second-order valence-electron chi connectivity index (χ2n) is 5.53. The molecule has 0 aliphatic heterocycles. The molecule has 1 amide bonds. The summed E-state index contributed by atoms with van der Waals surface area (Å²) >= 11 is 0. The fraction of sp³-hybridized carbons (Fsp3) is 0.118. The summed E-state index contributed by atoms with van der Waals surface area (Å²) in [5.74, 6) is 1.30. The number of amides is 1. The van der Waals surface area contributed by atoms with Gasteiger partial charge in [0, 0.05) is 31.1 Å². The van der Waals surface area contributed by atoms with Gasteiger partial charge in [0.15, 0.2) is 5.82 Å². The van der Waals surface area contributed by atoms with Gasteiger partial charge in [-0.25, -0.2) is 19.3 Å². The molecule has 0 aliphatic carbocycles. The molecule has 0 saturated heterocycles. The van der Waals surface area contributed by atoms with E-state index in [4.69, 9.17) is 4.74 Å². The van der Waals surface area contributed by atoms with E-state index in [1.54, 1.807) is 60.2 Å². The van der Waals surface area contributed by atoms with Crippen molar-refractivity contribution in [1.82, 2.24) is 29.5 Å². The zero-order valence-corrected chi connectivity index (χ0v) is 14.1. The SMILES string of the molecule is COc1c2ccc(C(=O)Nc3cc(-n4cccn4)ncn3)cc2nn1C. The number of benzene rings is 1. The van der Waals surface area contributed by atoms with Gasteiger partial charge in [-0.15, -0.1) is 0 Å². The molecule has 3 heterocycles. The number of ether oxygens (including phenoxy) is 1. The molecule has 9 nitrogen and oxygen atoms in total. The predicted molar refractivity (Wildman–Crippen MR) is 94.4 cm³/mol. The van der Waals surface area contributed by atoms with E-state index < -0.39 is 0 Å². The van der Waals surface area contributed by atoms with Crippen LogP contribution < -0.4 is 10.1 Å². The summed E-state index contributed by atoms with van der Waals surface area (Å²) in [6, 6.07) is 8.68.